The number of fused-ring (bicyclic) bond motifs is 3. The van der Waals surface area contributed by atoms with Crippen LogP contribution >= 0.6 is 0 Å². The van der Waals surface area contributed by atoms with Gasteiger partial charge in [-0.2, -0.15) is 0 Å². The molecular formula is C17H17NO4. The van der Waals surface area contributed by atoms with Gasteiger partial charge >= 0.3 is 11.9 Å². The highest BCUT2D eigenvalue weighted by Crippen LogP contribution is 2.46. The Morgan fingerprint density at radius 1 is 1.32 bits per heavy atom. The molecule has 2 heterocycles. The van der Waals surface area contributed by atoms with Crippen LogP contribution in [0.5, 0.6) is 5.75 Å². The van der Waals surface area contributed by atoms with E-state index >= 15 is 0 Å². The highest BCUT2D eigenvalue weighted by molar-refractivity contribution is 6.08. The number of hydrogen-bond acceptors (Lipinski definition) is 5. The summed E-state index contributed by atoms with van der Waals surface area (Å²) in [6, 6.07) is 7.29. The first-order valence-corrected chi connectivity index (χ1v) is 7.28. The maximum Gasteiger partial charge on any atom is 0.341 e. The zero-order valence-electron chi connectivity index (χ0n) is 12.8. The molecule has 2 unspecified atom stereocenters. The highest BCUT2D eigenvalue weighted by Gasteiger charge is 2.45. The highest BCUT2D eigenvalue weighted by atomic mass is 16.5. The largest absolute Gasteiger partial charge is 0.465 e. The predicted molar refractivity (Wildman–Crippen MR) is 80.8 cm³/mol. The van der Waals surface area contributed by atoms with Gasteiger partial charge in [-0.05, 0) is 26.8 Å². The SMILES string of the molecule is CCOC(=O)C1C(C)=NC(C)=C2C(=O)Oc3ccccc3C21. The van der Waals surface area contributed by atoms with Gasteiger partial charge in [0.2, 0.25) is 0 Å². The second-order valence-electron chi connectivity index (χ2n) is 5.39. The minimum absolute atomic E-state index is 0.291. The van der Waals surface area contributed by atoms with E-state index in [4.69, 9.17) is 9.47 Å². The smallest absolute Gasteiger partial charge is 0.341 e. The van der Waals surface area contributed by atoms with Gasteiger partial charge in [0.25, 0.3) is 0 Å². The number of aliphatic imine (C=N–C) groups is 1. The van der Waals surface area contributed by atoms with E-state index in [-0.39, 0.29) is 5.97 Å². The Hall–Kier alpha value is -2.43. The summed E-state index contributed by atoms with van der Waals surface area (Å²) in [6.07, 6.45) is 0. The minimum Gasteiger partial charge on any atom is -0.465 e. The van der Waals surface area contributed by atoms with Crippen LogP contribution in [0.15, 0.2) is 40.5 Å². The lowest BCUT2D eigenvalue weighted by Crippen LogP contribution is -2.39. The average Bonchev–Trinajstić information content (AvgIpc) is 2.46. The summed E-state index contributed by atoms with van der Waals surface area (Å²) in [6.45, 7) is 5.62. The summed E-state index contributed by atoms with van der Waals surface area (Å²) in [4.78, 5) is 29.1. The second kappa shape index (κ2) is 5.40. The summed E-state index contributed by atoms with van der Waals surface area (Å²) >= 11 is 0. The maximum absolute atomic E-state index is 12.4. The van der Waals surface area contributed by atoms with Gasteiger partial charge in [-0.3, -0.25) is 9.79 Å². The molecule has 114 valence electrons. The molecule has 1 aromatic carbocycles. The number of allylic oxidation sites excluding steroid dienone is 1. The van der Waals surface area contributed by atoms with Gasteiger partial charge in [0.15, 0.2) is 0 Å². The molecule has 2 aliphatic heterocycles. The molecule has 0 radical (unpaired) electrons. The van der Waals surface area contributed by atoms with Crippen molar-refractivity contribution >= 4 is 17.7 Å². The van der Waals surface area contributed by atoms with Crippen LogP contribution in [0.3, 0.4) is 0 Å². The standard InChI is InChI=1S/C17H17NO4/c1-4-21-16(19)13-9(2)18-10(3)14-15(13)11-7-5-6-8-12(11)22-17(14)20/h5-8,13,15H,4H2,1-3H3. The fourth-order valence-electron chi connectivity index (χ4n) is 3.16. The summed E-state index contributed by atoms with van der Waals surface area (Å²) < 4.78 is 10.6. The molecule has 2 atom stereocenters. The molecular weight excluding hydrogens is 282 g/mol. The van der Waals surface area contributed by atoms with Crippen molar-refractivity contribution in [1.82, 2.24) is 0 Å². The van der Waals surface area contributed by atoms with E-state index in [1.807, 2.05) is 12.1 Å². The van der Waals surface area contributed by atoms with Crippen molar-refractivity contribution in [3.8, 4) is 5.75 Å². The number of esters is 2. The van der Waals surface area contributed by atoms with Crippen LogP contribution in [-0.4, -0.2) is 24.3 Å². The number of carbonyl (C=O) groups excluding carboxylic acids is 2. The third-order valence-corrected chi connectivity index (χ3v) is 4.05. The van der Waals surface area contributed by atoms with Crippen LogP contribution in [0.25, 0.3) is 0 Å². The lowest BCUT2D eigenvalue weighted by atomic mass is 9.74. The summed E-state index contributed by atoms with van der Waals surface area (Å²) in [5, 5.41) is 0. The second-order valence-corrected chi connectivity index (χ2v) is 5.39. The average molecular weight is 299 g/mol. The number of hydrogen-bond donors (Lipinski definition) is 0. The van der Waals surface area contributed by atoms with Gasteiger partial charge < -0.3 is 9.47 Å². The first kappa shape index (κ1) is 14.5. The van der Waals surface area contributed by atoms with Gasteiger partial charge in [-0.25, -0.2) is 4.79 Å². The number of carbonyl (C=O) groups is 2. The maximum atomic E-state index is 12.4. The monoisotopic (exact) mass is 299 g/mol. The number of para-hydroxylation sites is 1. The third kappa shape index (κ3) is 2.13. The van der Waals surface area contributed by atoms with E-state index in [9.17, 15) is 9.59 Å². The molecule has 5 heteroatoms. The van der Waals surface area contributed by atoms with E-state index in [1.165, 1.54) is 0 Å². The van der Waals surface area contributed by atoms with Crippen LogP contribution in [0.4, 0.5) is 0 Å². The Bertz CT molecular complexity index is 717. The molecule has 5 nitrogen and oxygen atoms in total. The molecule has 22 heavy (non-hydrogen) atoms. The van der Waals surface area contributed by atoms with Crippen LogP contribution in [0.2, 0.25) is 0 Å². The summed E-state index contributed by atoms with van der Waals surface area (Å²) in [5.74, 6) is -1.28. The van der Waals surface area contributed by atoms with E-state index in [0.717, 1.165) is 5.56 Å². The van der Waals surface area contributed by atoms with Crippen molar-refractivity contribution in [3.05, 3.63) is 41.1 Å². The van der Waals surface area contributed by atoms with Crippen LogP contribution in [0, 0.1) is 5.92 Å². The quantitative estimate of drug-likeness (QED) is 0.622. The topological polar surface area (TPSA) is 65.0 Å². The van der Waals surface area contributed by atoms with Crippen molar-refractivity contribution in [2.75, 3.05) is 6.61 Å². The van der Waals surface area contributed by atoms with E-state index in [1.54, 1.807) is 32.9 Å². The Balaban J connectivity index is 2.19. The van der Waals surface area contributed by atoms with Crippen LogP contribution in [0.1, 0.15) is 32.3 Å². The Kier molecular flexibility index (Phi) is 3.56. The van der Waals surface area contributed by atoms with Gasteiger partial charge in [0.1, 0.15) is 11.7 Å². The van der Waals surface area contributed by atoms with E-state index in [2.05, 4.69) is 4.99 Å². The summed E-state index contributed by atoms with van der Waals surface area (Å²) in [7, 11) is 0. The first-order chi connectivity index (χ1) is 10.5. The van der Waals surface area contributed by atoms with Crippen molar-refractivity contribution < 1.29 is 19.1 Å². The Morgan fingerprint density at radius 2 is 2.05 bits per heavy atom. The van der Waals surface area contributed by atoms with E-state index in [0.29, 0.717) is 29.3 Å². The third-order valence-electron chi connectivity index (χ3n) is 4.05. The van der Waals surface area contributed by atoms with Crippen LogP contribution in [-0.2, 0) is 14.3 Å². The Morgan fingerprint density at radius 3 is 2.77 bits per heavy atom. The van der Waals surface area contributed by atoms with Gasteiger partial charge in [0.05, 0.1) is 12.2 Å². The molecule has 1 aromatic rings. The Labute approximate surface area is 128 Å². The van der Waals surface area contributed by atoms with Gasteiger partial charge in [-0.15, -0.1) is 0 Å². The molecule has 0 N–H and O–H groups in total. The first-order valence-electron chi connectivity index (χ1n) is 7.28. The minimum atomic E-state index is -0.590. The molecule has 0 aliphatic carbocycles. The number of rotatable bonds is 2. The lowest BCUT2D eigenvalue weighted by Gasteiger charge is -2.35. The molecule has 0 saturated heterocycles. The normalized spacial score (nSPS) is 23.2. The fraction of sp³-hybridized carbons (Fsp3) is 0.353. The molecule has 0 aromatic heterocycles. The number of benzene rings is 1. The van der Waals surface area contributed by atoms with E-state index < -0.39 is 17.8 Å². The van der Waals surface area contributed by atoms with Crippen molar-refractivity contribution in [3.63, 3.8) is 0 Å². The molecule has 0 bridgehead atoms. The van der Waals surface area contributed by atoms with Crippen LogP contribution < -0.4 is 4.74 Å². The van der Waals surface area contributed by atoms with Crippen molar-refractivity contribution in [2.24, 2.45) is 10.9 Å². The number of ether oxygens (including phenoxy) is 2. The molecule has 0 fully saturated rings. The molecule has 0 saturated carbocycles. The lowest BCUT2D eigenvalue weighted by molar-refractivity contribution is -0.146. The predicted octanol–water partition coefficient (Wildman–Crippen LogP) is 2.62. The molecule has 0 amide bonds. The molecule has 0 spiro atoms. The van der Waals surface area contributed by atoms with Crippen molar-refractivity contribution in [1.29, 1.82) is 0 Å². The summed E-state index contributed by atoms with van der Waals surface area (Å²) in [5.41, 5.74) is 2.53. The molecule has 2 aliphatic rings. The molecule has 3 rings (SSSR count). The zero-order valence-corrected chi connectivity index (χ0v) is 12.8. The van der Waals surface area contributed by atoms with Gasteiger partial charge in [-0.1, -0.05) is 18.2 Å². The zero-order chi connectivity index (χ0) is 15.9. The number of nitrogens with zero attached hydrogens (tertiary/aromatic N) is 1. The van der Waals surface area contributed by atoms with Crippen molar-refractivity contribution in [2.45, 2.75) is 26.7 Å². The fourth-order valence-corrected chi connectivity index (χ4v) is 3.16. The van der Waals surface area contributed by atoms with Gasteiger partial charge in [0, 0.05) is 22.9 Å².